The van der Waals surface area contributed by atoms with Gasteiger partial charge < -0.3 is 14.7 Å². The first-order chi connectivity index (χ1) is 13.2. The maximum atomic E-state index is 8.36. The number of hydrogen-bond donors (Lipinski definition) is 1. The van der Waals surface area contributed by atoms with E-state index in [0.29, 0.717) is 0 Å². The molecule has 1 aliphatic heterocycles. The summed E-state index contributed by atoms with van der Waals surface area (Å²) >= 11 is 0. The molecule has 5 nitrogen and oxygen atoms in total. The molecule has 5 heteroatoms. The Morgan fingerprint density at radius 3 is 2.67 bits per heavy atom. The first-order valence-corrected chi connectivity index (χ1v) is 9.02. The number of carbonyl (C=O) groups is 1. The maximum Gasteiger partial charge on any atom is 0.290 e. The van der Waals surface area contributed by atoms with Crippen molar-refractivity contribution < 1.29 is 14.6 Å². The van der Waals surface area contributed by atoms with Gasteiger partial charge in [0, 0.05) is 24.2 Å². The third-order valence-electron chi connectivity index (χ3n) is 4.93. The van der Waals surface area contributed by atoms with Crippen molar-refractivity contribution in [2.24, 2.45) is 0 Å². The van der Waals surface area contributed by atoms with E-state index in [9.17, 15) is 0 Å². The number of carboxylic acid groups (broad SMARTS) is 1. The predicted octanol–water partition coefficient (Wildman–Crippen LogP) is 3.86. The molecule has 2 heterocycles. The van der Waals surface area contributed by atoms with Crippen molar-refractivity contribution >= 4 is 23.1 Å². The summed E-state index contributed by atoms with van der Waals surface area (Å²) in [7, 11) is 1.72. The Morgan fingerprint density at radius 1 is 1.22 bits per heavy atom. The van der Waals surface area contributed by atoms with E-state index in [1.54, 1.807) is 7.11 Å². The molecular formula is C22H24N2O3. The van der Waals surface area contributed by atoms with Gasteiger partial charge in [-0.1, -0.05) is 30.3 Å². The molecule has 0 bridgehead atoms. The van der Waals surface area contributed by atoms with Crippen molar-refractivity contribution in [2.75, 3.05) is 25.1 Å². The molecule has 0 radical (unpaired) electrons. The molecule has 0 saturated heterocycles. The first-order valence-electron chi connectivity index (χ1n) is 9.02. The molecule has 0 atom stereocenters. The average molecular weight is 364 g/mol. The van der Waals surface area contributed by atoms with Gasteiger partial charge in [0.2, 0.25) is 0 Å². The second-order valence-corrected chi connectivity index (χ2v) is 6.49. The number of fused-ring (bicyclic) bond motifs is 3. The van der Waals surface area contributed by atoms with Gasteiger partial charge in [-0.3, -0.25) is 9.78 Å². The highest BCUT2D eigenvalue weighted by atomic mass is 16.5. The maximum absolute atomic E-state index is 8.36. The number of hydrogen-bond acceptors (Lipinski definition) is 4. The third kappa shape index (κ3) is 4.03. The van der Waals surface area contributed by atoms with Crippen molar-refractivity contribution in [3.8, 4) is 5.75 Å². The Kier molecular flexibility index (Phi) is 5.91. The molecule has 27 heavy (non-hydrogen) atoms. The van der Waals surface area contributed by atoms with Crippen LogP contribution in [-0.4, -0.2) is 36.8 Å². The summed E-state index contributed by atoms with van der Waals surface area (Å²) in [5.74, 6) is 0.894. The van der Waals surface area contributed by atoms with Gasteiger partial charge >= 0.3 is 0 Å². The molecular weight excluding hydrogens is 340 g/mol. The number of aryl methyl sites for hydroxylation is 1. The van der Waals surface area contributed by atoms with Crippen LogP contribution in [0.2, 0.25) is 0 Å². The van der Waals surface area contributed by atoms with Crippen LogP contribution < -0.4 is 9.64 Å². The summed E-state index contributed by atoms with van der Waals surface area (Å²) in [5, 5.41) is 8.10. The van der Waals surface area contributed by atoms with E-state index < -0.39 is 0 Å². The van der Waals surface area contributed by atoms with Crippen molar-refractivity contribution in [2.45, 2.75) is 19.8 Å². The standard InChI is InChI=1S/C21H22N2O.CH2O2/c1-15-18-11-13-23(12-10-16-6-4-3-5-7-16)21(18)19-14-17(24-2)8-9-20(19)22-15;2-1-3/h3-9,14H,10-13H2,1-2H3;1H,(H,2,3). The van der Waals surface area contributed by atoms with Gasteiger partial charge in [-0.25, -0.2) is 0 Å². The lowest BCUT2D eigenvalue weighted by atomic mass is 10.1. The fourth-order valence-electron chi connectivity index (χ4n) is 3.66. The van der Waals surface area contributed by atoms with Gasteiger partial charge in [0.15, 0.2) is 0 Å². The fourth-order valence-corrected chi connectivity index (χ4v) is 3.66. The number of benzene rings is 2. The monoisotopic (exact) mass is 364 g/mol. The molecule has 3 aromatic rings. The number of methoxy groups -OCH3 is 1. The molecule has 1 aromatic heterocycles. The van der Waals surface area contributed by atoms with Crippen LogP contribution in [-0.2, 0) is 17.6 Å². The molecule has 1 N–H and O–H groups in total. The van der Waals surface area contributed by atoms with Crippen LogP contribution in [0.5, 0.6) is 5.75 Å². The zero-order valence-corrected chi connectivity index (χ0v) is 15.7. The highest BCUT2D eigenvalue weighted by Gasteiger charge is 2.24. The second-order valence-electron chi connectivity index (χ2n) is 6.49. The summed E-state index contributed by atoms with van der Waals surface area (Å²) in [6.45, 7) is 3.98. The third-order valence-corrected chi connectivity index (χ3v) is 4.93. The van der Waals surface area contributed by atoms with E-state index in [2.05, 4.69) is 54.3 Å². The minimum absolute atomic E-state index is 0.250. The van der Waals surface area contributed by atoms with Crippen LogP contribution in [0.1, 0.15) is 16.8 Å². The Labute approximate surface area is 159 Å². The summed E-state index contributed by atoms with van der Waals surface area (Å²) < 4.78 is 5.43. The van der Waals surface area contributed by atoms with E-state index in [-0.39, 0.29) is 6.47 Å². The molecule has 0 amide bonds. The number of anilines is 1. The number of pyridine rings is 1. The zero-order chi connectivity index (χ0) is 19.2. The van der Waals surface area contributed by atoms with Gasteiger partial charge in [-0.05, 0) is 49.1 Å². The first kappa shape index (κ1) is 18.7. The van der Waals surface area contributed by atoms with E-state index in [1.807, 2.05) is 6.07 Å². The van der Waals surface area contributed by atoms with Crippen molar-refractivity contribution in [1.82, 2.24) is 4.98 Å². The lowest BCUT2D eigenvalue weighted by Crippen LogP contribution is -2.23. The van der Waals surface area contributed by atoms with Crippen LogP contribution in [0, 0.1) is 6.92 Å². The Morgan fingerprint density at radius 2 is 1.96 bits per heavy atom. The lowest BCUT2D eigenvalue weighted by Gasteiger charge is -2.21. The topological polar surface area (TPSA) is 62.7 Å². The molecule has 0 saturated carbocycles. The largest absolute Gasteiger partial charge is 0.497 e. The average Bonchev–Trinajstić information content (AvgIpc) is 3.13. The van der Waals surface area contributed by atoms with E-state index >= 15 is 0 Å². The van der Waals surface area contributed by atoms with Gasteiger partial charge in [-0.2, -0.15) is 0 Å². The van der Waals surface area contributed by atoms with E-state index in [1.165, 1.54) is 22.2 Å². The molecule has 0 fully saturated rings. The normalized spacial score (nSPS) is 12.3. The molecule has 4 rings (SSSR count). The van der Waals surface area contributed by atoms with Gasteiger partial charge in [0.25, 0.3) is 6.47 Å². The van der Waals surface area contributed by atoms with Crippen LogP contribution in [0.4, 0.5) is 5.69 Å². The molecule has 0 spiro atoms. The summed E-state index contributed by atoms with van der Waals surface area (Å²) in [5.41, 5.74) is 6.35. The van der Waals surface area contributed by atoms with E-state index in [0.717, 1.165) is 42.9 Å². The summed E-state index contributed by atoms with van der Waals surface area (Å²) in [4.78, 5) is 15.7. The minimum atomic E-state index is -0.250. The molecule has 0 unspecified atom stereocenters. The lowest BCUT2D eigenvalue weighted by molar-refractivity contribution is -0.122. The molecule has 0 aliphatic carbocycles. The number of ether oxygens (including phenoxy) is 1. The van der Waals surface area contributed by atoms with Crippen LogP contribution in [0.3, 0.4) is 0 Å². The van der Waals surface area contributed by atoms with Crippen molar-refractivity contribution in [1.29, 1.82) is 0 Å². The highest BCUT2D eigenvalue weighted by molar-refractivity contribution is 5.96. The van der Waals surface area contributed by atoms with Crippen LogP contribution in [0.15, 0.2) is 48.5 Å². The van der Waals surface area contributed by atoms with Crippen molar-refractivity contribution in [3.05, 3.63) is 65.4 Å². The Hall–Kier alpha value is -3.08. The Bertz CT molecular complexity index is 926. The quantitative estimate of drug-likeness (QED) is 0.712. The predicted molar refractivity (Wildman–Crippen MR) is 108 cm³/mol. The van der Waals surface area contributed by atoms with Crippen molar-refractivity contribution in [3.63, 3.8) is 0 Å². The summed E-state index contributed by atoms with van der Waals surface area (Å²) in [6, 6.07) is 16.9. The van der Waals surface area contributed by atoms with Gasteiger partial charge in [0.05, 0.1) is 18.3 Å². The minimum Gasteiger partial charge on any atom is -0.497 e. The second kappa shape index (κ2) is 8.54. The van der Waals surface area contributed by atoms with Gasteiger partial charge in [-0.15, -0.1) is 0 Å². The molecule has 1 aliphatic rings. The number of rotatable bonds is 4. The highest BCUT2D eigenvalue weighted by Crippen LogP contribution is 2.38. The van der Waals surface area contributed by atoms with E-state index in [4.69, 9.17) is 19.6 Å². The Balaban J connectivity index is 0.000000659. The van der Waals surface area contributed by atoms with Crippen LogP contribution in [0.25, 0.3) is 10.9 Å². The number of nitrogens with zero attached hydrogens (tertiary/aromatic N) is 2. The SMILES string of the molecule is COc1ccc2nc(C)c3c(c2c1)N(CCc1ccccc1)CC3.O=CO. The fraction of sp³-hybridized carbons (Fsp3) is 0.273. The smallest absolute Gasteiger partial charge is 0.290 e. The van der Waals surface area contributed by atoms with Gasteiger partial charge in [0.1, 0.15) is 5.75 Å². The number of aromatic nitrogens is 1. The zero-order valence-electron chi connectivity index (χ0n) is 15.7. The molecule has 140 valence electrons. The van der Waals surface area contributed by atoms with Crippen LogP contribution >= 0.6 is 0 Å². The molecule has 2 aromatic carbocycles. The summed E-state index contributed by atoms with van der Waals surface area (Å²) in [6.07, 6.45) is 2.14.